The van der Waals surface area contributed by atoms with Crippen LogP contribution in [0.5, 0.6) is 0 Å². The molecule has 0 aliphatic carbocycles. The monoisotopic (exact) mass is 402 g/mol. The zero-order chi connectivity index (χ0) is 14.9. The largest absolute Gasteiger partial charge is 0.298 e. The van der Waals surface area contributed by atoms with Gasteiger partial charge >= 0.3 is 0 Å². The molecule has 0 N–H and O–H groups in total. The molecule has 0 amide bonds. The van der Waals surface area contributed by atoms with E-state index >= 15 is 0 Å². The minimum Gasteiger partial charge on any atom is -0.298 e. The molecule has 2 aromatic rings. The van der Waals surface area contributed by atoms with Crippen LogP contribution in [0, 0.1) is 11.6 Å². The molecule has 0 aromatic heterocycles. The topological polar surface area (TPSA) is 34.1 Å². The minimum atomic E-state index is -0.589. The quantitative estimate of drug-likeness (QED) is 0.691. The maximum absolute atomic E-state index is 13.3. The summed E-state index contributed by atoms with van der Waals surface area (Å²) in [6.07, 6.45) is 0.959. The molecule has 0 unspecified atom stereocenters. The molecule has 0 aliphatic heterocycles. The molecule has 0 heterocycles. The van der Waals surface area contributed by atoms with Crippen molar-refractivity contribution >= 4 is 44.4 Å². The summed E-state index contributed by atoms with van der Waals surface area (Å²) < 4.78 is 27.3. The fraction of sp³-hybridized carbons (Fsp3) is 0. The van der Waals surface area contributed by atoms with E-state index in [4.69, 9.17) is 0 Å². The Morgan fingerprint density at radius 2 is 1.10 bits per heavy atom. The van der Waals surface area contributed by atoms with Crippen molar-refractivity contribution in [2.45, 2.75) is 0 Å². The summed E-state index contributed by atoms with van der Waals surface area (Å²) in [4.78, 5) is 22.2. The van der Waals surface area contributed by atoms with Crippen LogP contribution in [0.3, 0.4) is 0 Å². The number of aldehydes is 2. The van der Waals surface area contributed by atoms with Gasteiger partial charge in [0.15, 0.2) is 12.6 Å². The van der Waals surface area contributed by atoms with Crippen LogP contribution in [0.1, 0.15) is 20.7 Å². The number of halogens is 4. The van der Waals surface area contributed by atoms with Gasteiger partial charge in [0.2, 0.25) is 0 Å². The highest BCUT2D eigenvalue weighted by molar-refractivity contribution is 9.11. The van der Waals surface area contributed by atoms with Gasteiger partial charge in [-0.25, -0.2) is 8.78 Å². The standard InChI is InChI=1S/C14H6Br2F2O2/c15-11-3-9(17)1-7(5-19)13(11)14-8(6-20)2-10(18)4-12(14)16/h1-6H. The lowest BCUT2D eigenvalue weighted by atomic mass is 9.96. The van der Waals surface area contributed by atoms with Gasteiger partial charge in [0.1, 0.15) is 11.6 Å². The summed E-state index contributed by atoms with van der Waals surface area (Å²) in [5, 5.41) is 0. The van der Waals surface area contributed by atoms with Crippen molar-refractivity contribution < 1.29 is 18.4 Å². The molecule has 0 saturated heterocycles. The highest BCUT2D eigenvalue weighted by atomic mass is 79.9. The summed E-state index contributed by atoms with van der Waals surface area (Å²) in [5.41, 5.74) is 0.783. The van der Waals surface area contributed by atoms with Crippen molar-refractivity contribution in [1.29, 1.82) is 0 Å². The van der Waals surface area contributed by atoms with E-state index in [2.05, 4.69) is 31.9 Å². The number of hydrogen-bond donors (Lipinski definition) is 0. The third-order valence-corrected chi connectivity index (χ3v) is 3.93. The van der Waals surface area contributed by atoms with Crippen LogP contribution in [0.4, 0.5) is 8.78 Å². The summed E-state index contributed by atoms with van der Waals surface area (Å²) in [5.74, 6) is -1.18. The van der Waals surface area contributed by atoms with Crippen molar-refractivity contribution in [3.8, 4) is 11.1 Å². The van der Waals surface area contributed by atoms with Gasteiger partial charge < -0.3 is 0 Å². The normalized spacial score (nSPS) is 10.4. The molecular weight excluding hydrogens is 398 g/mol. The van der Waals surface area contributed by atoms with Crippen LogP contribution in [0.25, 0.3) is 11.1 Å². The molecule has 0 atom stereocenters. The average molecular weight is 404 g/mol. The minimum absolute atomic E-state index is 0.0623. The van der Waals surface area contributed by atoms with Crippen LogP contribution in [-0.2, 0) is 0 Å². The van der Waals surface area contributed by atoms with E-state index in [9.17, 15) is 18.4 Å². The lowest BCUT2D eigenvalue weighted by Gasteiger charge is -2.13. The number of carbonyl (C=O) groups excluding carboxylic acids is 2. The molecule has 0 bridgehead atoms. The fourth-order valence-corrected chi connectivity index (χ4v) is 3.19. The number of hydrogen-bond acceptors (Lipinski definition) is 2. The van der Waals surface area contributed by atoms with Gasteiger partial charge in [-0.05, 0) is 24.3 Å². The number of carbonyl (C=O) groups is 2. The molecule has 102 valence electrons. The molecule has 2 nitrogen and oxygen atoms in total. The third kappa shape index (κ3) is 2.71. The van der Waals surface area contributed by atoms with Crippen LogP contribution < -0.4 is 0 Å². The second-order valence-electron chi connectivity index (χ2n) is 3.94. The summed E-state index contributed by atoms with van der Waals surface area (Å²) in [6, 6.07) is 4.45. The Balaban J connectivity index is 2.88. The molecule has 2 aromatic carbocycles. The van der Waals surface area contributed by atoms with Crippen molar-refractivity contribution in [1.82, 2.24) is 0 Å². The second kappa shape index (κ2) is 5.93. The molecule has 20 heavy (non-hydrogen) atoms. The summed E-state index contributed by atoms with van der Waals surface area (Å²) in [7, 11) is 0. The highest BCUT2D eigenvalue weighted by Crippen LogP contribution is 2.38. The SMILES string of the molecule is O=Cc1cc(F)cc(Br)c1-c1c(Br)cc(F)cc1C=O. The zero-order valence-electron chi connectivity index (χ0n) is 9.79. The van der Waals surface area contributed by atoms with Crippen molar-refractivity contribution in [2.24, 2.45) is 0 Å². The highest BCUT2D eigenvalue weighted by Gasteiger charge is 2.18. The van der Waals surface area contributed by atoms with Gasteiger partial charge in [-0.2, -0.15) is 0 Å². The predicted octanol–water partition coefficient (Wildman–Crippen LogP) is 4.78. The van der Waals surface area contributed by atoms with E-state index in [-0.39, 0.29) is 11.1 Å². The summed E-state index contributed by atoms with van der Waals surface area (Å²) in [6.45, 7) is 0. The predicted molar refractivity (Wildman–Crippen MR) is 78.0 cm³/mol. The zero-order valence-corrected chi connectivity index (χ0v) is 13.0. The van der Waals surface area contributed by atoms with Gasteiger partial charge in [0.25, 0.3) is 0 Å². The molecule has 0 aliphatic rings. The van der Waals surface area contributed by atoms with Crippen LogP contribution in [-0.4, -0.2) is 12.6 Å². The molecule has 0 saturated carbocycles. The summed E-state index contributed by atoms with van der Waals surface area (Å²) >= 11 is 6.32. The Bertz CT molecular complexity index is 653. The lowest BCUT2D eigenvalue weighted by molar-refractivity contribution is 0.111. The smallest absolute Gasteiger partial charge is 0.150 e. The Hall–Kier alpha value is -1.40. The Labute approximate surface area is 130 Å². The van der Waals surface area contributed by atoms with Crippen molar-refractivity contribution in [3.63, 3.8) is 0 Å². The van der Waals surface area contributed by atoms with E-state index in [1.165, 1.54) is 12.1 Å². The number of rotatable bonds is 3. The Kier molecular flexibility index (Phi) is 4.45. The van der Waals surface area contributed by atoms with Crippen LogP contribution in [0.2, 0.25) is 0 Å². The van der Waals surface area contributed by atoms with E-state index in [1.807, 2.05) is 0 Å². The fourth-order valence-electron chi connectivity index (χ4n) is 1.90. The third-order valence-electron chi connectivity index (χ3n) is 2.67. The van der Waals surface area contributed by atoms with Gasteiger partial charge in [-0.1, -0.05) is 31.9 Å². The van der Waals surface area contributed by atoms with E-state index in [1.54, 1.807) is 0 Å². The molecule has 0 spiro atoms. The van der Waals surface area contributed by atoms with E-state index in [0.29, 0.717) is 32.6 Å². The molecule has 6 heteroatoms. The first-order valence-electron chi connectivity index (χ1n) is 5.36. The molecule has 2 rings (SSSR count). The van der Waals surface area contributed by atoms with E-state index < -0.39 is 11.6 Å². The molecular formula is C14H6Br2F2O2. The Morgan fingerprint density at radius 1 is 0.750 bits per heavy atom. The van der Waals surface area contributed by atoms with Crippen LogP contribution in [0.15, 0.2) is 33.2 Å². The van der Waals surface area contributed by atoms with E-state index in [0.717, 1.165) is 12.1 Å². The lowest BCUT2D eigenvalue weighted by Crippen LogP contribution is -1.97. The maximum Gasteiger partial charge on any atom is 0.150 e. The van der Waals surface area contributed by atoms with Gasteiger partial charge in [0, 0.05) is 31.2 Å². The van der Waals surface area contributed by atoms with Gasteiger partial charge in [0.05, 0.1) is 0 Å². The number of benzene rings is 2. The second-order valence-corrected chi connectivity index (χ2v) is 5.65. The molecule has 0 radical (unpaired) electrons. The average Bonchev–Trinajstić information content (AvgIpc) is 2.38. The van der Waals surface area contributed by atoms with Crippen molar-refractivity contribution in [3.05, 3.63) is 56.0 Å². The first-order chi connectivity index (χ1) is 9.47. The van der Waals surface area contributed by atoms with Gasteiger partial charge in [-0.15, -0.1) is 0 Å². The molecule has 0 fully saturated rings. The first kappa shape index (κ1) is 15.0. The maximum atomic E-state index is 13.3. The first-order valence-corrected chi connectivity index (χ1v) is 6.95. The van der Waals surface area contributed by atoms with Crippen molar-refractivity contribution in [2.75, 3.05) is 0 Å². The Morgan fingerprint density at radius 3 is 1.40 bits per heavy atom. The van der Waals surface area contributed by atoms with Gasteiger partial charge in [-0.3, -0.25) is 9.59 Å². The van der Waals surface area contributed by atoms with Crippen LogP contribution >= 0.6 is 31.9 Å².